The van der Waals surface area contributed by atoms with Crippen LogP contribution in [0.5, 0.6) is 0 Å². The Morgan fingerprint density at radius 1 is 1.11 bits per heavy atom. The smallest absolute Gasteiger partial charge is 0.257 e. The number of aromatic nitrogens is 1. The minimum absolute atomic E-state index is 0.0277. The van der Waals surface area contributed by atoms with E-state index in [-0.39, 0.29) is 17.7 Å². The van der Waals surface area contributed by atoms with Gasteiger partial charge in [0.1, 0.15) is 11.6 Å². The average molecular weight is 369 g/mol. The van der Waals surface area contributed by atoms with Crippen LogP contribution in [0.2, 0.25) is 0 Å². The van der Waals surface area contributed by atoms with Gasteiger partial charge in [-0.25, -0.2) is 0 Å². The van der Waals surface area contributed by atoms with Gasteiger partial charge in [0.2, 0.25) is 5.91 Å². The van der Waals surface area contributed by atoms with Crippen LogP contribution in [-0.2, 0) is 4.79 Å². The molecule has 0 radical (unpaired) electrons. The Morgan fingerprint density at radius 2 is 1.78 bits per heavy atom. The topological polar surface area (TPSA) is 75.4 Å². The number of aryl methyl sites for hydroxylation is 1. The summed E-state index contributed by atoms with van der Waals surface area (Å²) in [4.78, 5) is 28.1. The Morgan fingerprint density at radius 3 is 2.41 bits per heavy atom. The number of nitrogens with one attached hydrogen (secondary N) is 1. The van der Waals surface area contributed by atoms with E-state index >= 15 is 0 Å². The summed E-state index contributed by atoms with van der Waals surface area (Å²) in [6, 6.07) is 8.68. The number of rotatable bonds is 5. The number of hydrogen-bond acceptors (Lipinski definition) is 4. The highest BCUT2D eigenvalue weighted by molar-refractivity contribution is 5.99. The lowest BCUT2D eigenvalue weighted by Gasteiger charge is -2.31. The average Bonchev–Trinajstić information content (AvgIpc) is 3.08. The molecule has 1 aromatic carbocycles. The molecule has 27 heavy (non-hydrogen) atoms. The molecule has 1 N–H and O–H groups in total. The van der Waals surface area contributed by atoms with Crippen molar-refractivity contribution >= 4 is 11.8 Å². The van der Waals surface area contributed by atoms with Crippen molar-refractivity contribution in [2.24, 2.45) is 0 Å². The fourth-order valence-electron chi connectivity index (χ4n) is 3.49. The number of amides is 2. The summed E-state index contributed by atoms with van der Waals surface area (Å²) in [6.07, 6.45) is 3.15. The van der Waals surface area contributed by atoms with Crippen LogP contribution in [0.3, 0.4) is 0 Å². The lowest BCUT2D eigenvalue weighted by molar-refractivity contribution is -0.134. The first-order valence-electron chi connectivity index (χ1n) is 9.59. The fraction of sp³-hybridized carbons (Fsp3) is 0.476. The summed E-state index contributed by atoms with van der Waals surface area (Å²) in [5, 5.41) is 6.88. The van der Waals surface area contributed by atoms with E-state index in [1.54, 1.807) is 6.92 Å². The summed E-state index contributed by atoms with van der Waals surface area (Å²) in [5.41, 5.74) is 1.74. The number of piperidine rings is 1. The molecule has 1 fully saturated rings. The highest BCUT2D eigenvalue weighted by Gasteiger charge is 2.31. The highest BCUT2D eigenvalue weighted by Crippen LogP contribution is 2.24. The molecule has 0 saturated carbocycles. The summed E-state index contributed by atoms with van der Waals surface area (Å²) < 4.78 is 5.34. The molecule has 1 atom stereocenters. The van der Waals surface area contributed by atoms with Crippen molar-refractivity contribution in [3.8, 4) is 0 Å². The Labute approximate surface area is 159 Å². The van der Waals surface area contributed by atoms with Gasteiger partial charge >= 0.3 is 0 Å². The molecule has 0 spiro atoms. The predicted octanol–water partition coefficient (Wildman–Crippen LogP) is 3.59. The number of carbonyl (C=O) groups is 2. The molecule has 0 bridgehead atoms. The van der Waals surface area contributed by atoms with Gasteiger partial charge in [0.25, 0.3) is 5.91 Å². The van der Waals surface area contributed by atoms with Crippen molar-refractivity contribution in [2.75, 3.05) is 13.1 Å². The zero-order valence-corrected chi connectivity index (χ0v) is 16.2. The zero-order chi connectivity index (χ0) is 19.4. The van der Waals surface area contributed by atoms with Gasteiger partial charge < -0.3 is 14.7 Å². The van der Waals surface area contributed by atoms with Crippen molar-refractivity contribution in [2.45, 2.75) is 52.0 Å². The summed E-state index contributed by atoms with van der Waals surface area (Å²) in [5.74, 6) is 0.188. The number of benzene rings is 1. The first-order chi connectivity index (χ1) is 13.0. The molecule has 1 aliphatic heterocycles. The molecule has 6 nitrogen and oxygen atoms in total. The maximum absolute atomic E-state index is 13.2. The normalized spacial score (nSPS) is 15.6. The minimum atomic E-state index is -0.717. The maximum atomic E-state index is 13.2. The first-order valence-corrected chi connectivity index (χ1v) is 9.59. The fourth-order valence-corrected chi connectivity index (χ4v) is 3.49. The van der Waals surface area contributed by atoms with Crippen LogP contribution < -0.4 is 5.32 Å². The van der Waals surface area contributed by atoms with E-state index in [1.165, 1.54) is 0 Å². The number of carbonyl (C=O) groups excluding carboxylic acids is 2. The van der Waals surface area contributed by atoms with Gasteiger partial charge in [-0.1, -0.05) is 49.3 Å². The van der Waals surface area contributed by atoms with Crippen LogP contribution in [0.15, 0.2) is 34.9 Å². The Balaban J connectivity index is 1.89. The summed E-state index contributed by atoms with van der Waals surface area (Å²) in [7, 11) is 0. The summed E-state index contributed by atoms with van der Waals surface area (Å²) >= 11 is 0. The second-order valence-electron chi connectivity index (χ2n) is 7.37. The van der Waals surface area contributed by atoms with E-state index in [1.807, 2.05) is 49.1 Å². The lowest BCUT2D eigenvalue weighted by atomic mass is 10.0. The van der Waals surface area contributed by atoms with Gasteiger partial charge in [-0.3, -0.25) is 9.59 Å². The van der Waals surface area contributed by atoms with Crippen LogP contribution in [-0.4, -0.2) is 35.0 Å². The maximum Gasteiger partial charge on any atom is 0.257 e. The zero-order valence-electron chi connectivity index (χ0n) is 16.2. The molecule has 1 saturated heterocycles. The highest BCUT2D eigenvalue weighted by atomic mass is 16.5. The van der Waals surface area contributed by atoms with Crippen molar-refractivity contribution < 1.29 is 14.1 Å². The number of nitrogens with zero attached hydrogens (tertiary/aromatic N) is 2. The lowest BCUT2D eigenvalue weighted by Crippen LogP contribution is -2.45. The van der Waals surface area contributed by atoms with Gasteiger partial charge in [-0.15, -0.1) is 0 Å². The molecular formula is C21H27N3O3. The molecule has 2 aromatic rings. The van der Waals surface area contributed by atoms with Gasteiger partial charge in [0.15, 0.2) is 5.76 Å². The third-order valence-electron chi connectivity index (χ3n) is 4.96. The van der Waals surface area contributed by atoms with E-state index in [0.29, 0.717) is 17.0 Å². The van der Waals surface area contributed by atoms with E-state index in [2.05, 4.69) is 10.5 Å². The van der Waals surface area contributed by atoms with E-state index in [0.717, 1.165) is 37.9 Å². The molecule has 2 heterocycles. The molecule has 1 aromatic heterocycles. The molecule has 6 heteroatoms. The number of hydrogen-bond donors (Lipinski definition) is 1. The molecule has 2 amide bonds. The van der Waals surface area contributed by atoms with Crippen molar-refractivity contribution in [1.82, 2.24) is 15.4 Å². The molecule has 144 valence electrons. The second kappa shape index (κ2) is 8.37. The third-order valence-corrected chi connectivity index (χ3v) is 4.96. The van der Waals surface area contributed by atoms with Crippen LogP contribution in [0.4, 0.5) is 0 Å². The second-order valence-corrected chi connectivity index (χ2v) is 7.37. The molecular weight excluding hydrogens is 342 g/mol. The van der Waals surface area contributed by atoms with Gasteiger partial charge in [-0.2, -0.15) is 0 Å². The van der Waals surface area contributed by atoms with Crippen LogP contribution in [0, 0.1) is 6.92 Å². The van der Waals surface area contributed by atoms with E-state index in [9.17, 15) is 9.59 Å². The van der Waals surface area contributed by atoms with E-state index < -0.39 is 6.04 Å². The molecule has 3 rings (SSSR count). The largest absolute Gasteiger partial charge is 0.360 e. The quantitative estimate of drug-likeness (QED) is 0.874. The molecule has 0 aliphatic carbocycles. The van der Waals surface area contributed by atoms with Crippen LogP contribution in [0.1, 0.15) is 72.4 Å². The Kier molecular flexibility index (Phi) is 5.94. The van der Waals surface area contributed by atoms with Gasteiger partial charge in [0.05, 0.1) is 5.69 Å². The summed E-state index contributed by atoms with van der Waals surface area (Å²) in [6.45, 7) is 7.12. The van der Waals surface area contributed by atoms with Crippen LogP contribution >= 0.6 is 0 Å². The first kappa shape index (κ1) is 19.1. The minimum Gasteiger partial charge on any atom is -0.360 e. The van der Waals surface area contributed by atoms with Crippen molar-refractivity contribution in [3.05, 3.63) is 52.9 Å². The monoisotopic (exact) mass is 369 g/mol. The SMILES string of the molecule is Cc1noc(C(C)C)c1C(=O)NC(C(=O)N1CCCCC1)c1ccccc1. The molecule has 1 unspecified atom stereocenters. The predicted molar refractivity (Wildman–Crippen MR) is 102 cm³/mol. The van der Waals surface area contributed by atoms with Gasteiger partial charge in [-0.05, 0) is 31.7 Å². The number of likely N-dealkylation sites (tertiary alicyclic amines) is 1. The Hall–Kier alpha value is -2.63. The molecule has 1 aliphatic rings. The van der Waals surface area contributed by atoms with Gasteiger partial charge in [0, 0.05) is 19.0 Å². The van der Waals surface area contributed by atoms with E-state index in [4.69, 9.17) is 4.52 Å². The standard InChI is InChI=1S/C21H27N3O3/c1-14(2)19-17(15(3)23-27-19)20(25)22-18(16-10-6-4-7-11-16)21(26)24-12-8-5-9-13-24/h4,6-7,10-11,14,18H,5,8-9,12-13H2,1-3H3,(H,22,25). The van der Waals surface area contributed by atoms with Crippen molar-refractivity contribution in [1.29, 1.82) is 0 Å². The van der Waals surface area contributed by atoms with Crippen molar-refractivity contribution in [3.63, 3.8) is 0 Å². The Bertz CT molecular complexity index is 792. The third kappa shape index (κ3) is 4.21. The van der Waals surface area contributed by atoms with Crippen LogP contribution in [0.25, 0.3) is 0 Å².